The van der Waals surface area contributed by atoms with Crippen molar-refractivity contribution in [2.24, 2.45) is 0 Å². The van der Waals surface area contributed by atoms with Gasteiger partial charge in [-0.05, 0) is 48.2 Å². The zero-order chi connectivity index (χ0) is 20.5. The van der Waals surface area contributed by atoms with Crippen LogP contribution >= 0.6 is 0 Å². The molecule has 1 aromatic heterocycles. The van der Waals surface area contributed by atoms with Crippen LogP contribution in [0.2, 0.25) is 0 Å². The van der Waals surface area contributed by atoms with Crippen molar-refractivity contribution in [3.05, 3.63) is 84.7 Å². The minimum Gasteiger partial charge on any atom is -0.493 e. The topological polar surface area (TPSA) is 65.4 Å². The molecular formula is C23H25N3O3. The molecule has 1 amide bonds. The molecule has 0 aliphatic carbocycles. The van der Waals surface area contributed by atoms with Gasteiger partial charge >= 0.3 is 0 Å². The molecule has 6 nitrogen and oxygen atoms in total. The first-order valence-corrected chi connectivity index (χ1v) is 9.46. The maximum atomic E-state index is 12.1. The SMILES string of the molecule is C=CCc1ccc(OCC(=O)NCCc2cnn(-c3ccccc3)c2)c(OC)c1. The second-order valence-corrected chi connectivity index (χ2v) is 6.50. The third-order valence-electron chi connectivity index (χ3n) is 4.36. The number of aromatic nitrogens is 2. The van der Waals surface area contributed by atoms with Gasteiger partial charge in [0.25, 0.3) is 5.91 Å². The number of rotatable bonds is 10. The summed E-state index contributed by atoms with van der Waals surface area (Å²) in [6.07, 6.45) is 7.04. The average molecular weight is 391 g/mol. The summed E-state index contributed by atoms with van der Waals surface area (Å²) in [5.74, 6) is 0.961. The van der Waals surface area contributed by atoms with Crippen LogP contribution in [-0.4, -0.2) is 35.9 Å². The highest BCUT2D eigenvalue weighted by Crippen LogP contribution is 2.28. The van der Waals surface area contributed by atoms with Crippen molar-refractivity contribution in [3.63, 3.8) is 0 Å². The smallest absolute Gasteiger partial charge is 0.257 e. The Balaban J connectivity index is 1.45. The Hall–Kier alpha value is -3.54. The van der Waals surface area contributed by atoms with Crippen molar-refractivity contribution in [3.8, 4) is 17.2 Å². The van der Waals surface area contributed by atoms with Crippen LogP contribution in [-0.2, 0) is 17.6 Å². The number of ether oxygens (including phenoxy) is 2. The van der Waals surface area contributed by atoms with Gasteiger partial charge in [-0.2, -0.15) is 5.10 Å². The maximum absolute atomic E-state index is 12.1. The lowest BCUT2D eigenvalue weighted by Crippen LogP contribution is -2.30. The monoisotopic (exact) mass is 391 g/mol. The number of nitrogens with one attached hydrogen (secondary N) is 1. The zero-order valence-electron chi connectivity index (χ0n) is 16.5. The lowest BCUT2D eigenvalue weighted by Gasteiger charge is -2.12. The molecule has 0 aliphatic heterocycles. The van der Waals surface area contributed by atoms with E-state index in [4.69, 9.17) is 9.47 Å². The molecule has 0 atom stereocenters. The van der Waals surface area contributed by atoms with E-state index in [2.05, 4.69) is 17.0 Å². The number of allylic oxidation sites excluding steroid dienone is 1. The molecule has 1 heterocycles. The molecule has 2 aromatic carbocycles. The number of amides is 1. The standard InChI is InChI=1S/C23H25N3O3/c1-3-7-18-10-11-21(22(14-18)28-2)29-17-23(27)24-13-12-19-15-25-26(16-19)20-8-5-4-6-9-20/h3-6,8-11,14-16H,1,7,12-13,17H2,2H3,(H,24,27). The fourth-order valence-electron chi connectivity index (χ4n) is 2.88. The summed E-state index contributed by atoms with van der Waals surface area (Å²) >= 11 is 0. The largest absolute Gasteiger partial charge is 0.493 e. The number of hydrogen-bond acceptors (Lipinski definition) is 4. The van der Waals surface area contributed by atoms with Crippen LogP contribution in [0.25, 0.3) is 5.69 Å². The number of carbonyl (C=O) groups is 1. The highest BCUT2D eigenvalue weighted by molar-refractivity contribution is 5.77. The normalized spacial score (nSPS) is 10.4. The maximum Gasteiger partial charge on any atom is 0.257 e. The van der Waals surface area contributed by atoms with Gasteiger partial charge in [0.2, 0.25) is 0 Å². The van der Waals surface area contributed by atoms with E-state index in [1.54, 1.807) is 7.11 Å². The van der Waals surface area contributed by atoms with Gasteiger partial charge in [-0.1, -0.05) is 30.3 Å². The molecule has 0 spiro atoms. The van der Waals surface area contributed by atoms with E-state index in [9.17, 15) is 4.79 Å². The second kappa shape index (κ2) is 10.1. The van der Waals surface area contributed by atoms with Crippen molar-refractivity contribution >= 4 is 5.91 Å². The van der Waals surface area contributed by atoms with Gasteiger partial charge in [0, 0.05) is 12.7 Å². The van der Waals surface area contributed by atoms with Crippen molar-refractivity contribution in [1.29, 1.82) is 0 Å². The number of nitrogens with zero attached hydrogens (tertiary/aromatic N) is 2. The summed E-state index contributed by atoms with van der Waals surface area (Å²) in [4.78, 5) is 12.1. The van der Waals surface area contributed by atoms with Gasteiger partial charge in [-0.3, -0.25) is 4.79 Å². The molecule has 6 heteroatoms. The van der Waals surface area contributed by atoms with Crippen LogP contribution in [0.1, 0.15) is 11.1 Å². The van der Waals surface area contributed by atoms with E-state index in [-0.39, 0.29) is 12.5 Å². The first kappa shape index (κ1) is 20.2. The van der Waals surface area contributed by atoms with Crippen molar-refractivity contribution in [2.45, 2.75) is 12.8 Å². The second-order valence-electron chi connectivity index (χ2n) is 6.50. The molecule has 3 rings (SSSR count). The molecule has 1 N–H and O–H groups in total. The summed E-state index contributed by atoms with van der Waals surface area (Å²) in [6.45, 7) is 4.17. The third kappa shape index (κ3) is 5.72. The molecule has 0 fully saturated rings. The van der Waals surface area contributed by atoms with E-state index < -0.39 is 0 Å². The third-order valence-corrected chi connectivity index (χ3v) is 4.36. The first-order chi connectivity index (χ1) is 14.2. The number of para-hydroxylation sites is 1. The Labute approximate surface area is 170 Å². The minimum absolute atomic E-state index is 0.0690. The molecule has 0 aliphatic rings. The van der Waals surface area contributed by atoms with E-state index in [0.29, 0.717) is 24.5 Å². The van der Waals surface area contributed by atoms with Crippen molar-refractivity contribution < 1.29 is 14.3 Å². The Kier molecular flexibility index (Phi) is 7.05. The first-order valence-electron chi connectivity index (χ1n) is 9.46. The van der Waals surface area contributed by atoms with Gasteiger partial charge in [0.1, 0.15) is 0 Å². The molecule has 0 saturated heterocycles. The number of hydrogen-bond donors (Lipinski definition) is 1. The molecule has 0 unspecified atom stereocenters. The van der Waals surface area contributed by atoms with Gasteiger partial charge in [0.05, 0.1) is 19.0 Å². The van der Waals surface area contributed by atoms with Crippen molar-refractivity contribution in [2.75, 3.05) is 20.3 Å². The molecular weight excluding hydrogens is 366 g/mol. The zero-order valence-corrected chi connectivity index (χ0v) is 16.5. The number of benzene rings is 2. The van der Waals surface area contributed by atoms with Gasteiger partial charge < -0.3 is 14.8 Å². The lowest BCUT2D eigenvalue weighted by molar-refractivity contribution is -0.123. The van der Waals surface area contributed by atoms with Crippen LogP contribution in [0, 0.1) is 0 Å². The summed E-state index contributed by atoms with van der Waals surface area (Å²) in [7, 11) is 1.58. The number of methoxy groups -OCH3 is 1. The highest BCUT2D eigenvalue weighted by Gasteiger charge is 2.09. The Bertz CT molecular complexity index is 951. The molecule has 0 radical (unpaired) electrons. The Morgan fingerprint density at radius 2 is 2.00 bits per heavy atom. The Morgan fingerprint density at radius 3 is 2.76 bits per heavy atom. The summed E-state index contributed by atoms with van der Waals surface area (Å²) in [5.41, 5.74) is 3.13. The summed E-state index contributed by atoms with van der Waals surface area (Å²) in [5, 5.41) is 7.22. The highest BCUT2D eigenvalue weighted by atomic mass is 16.5. The fraction of sp³-hybridized carbons (Fsp3) is 0.217. The summed E-state index contributed by atoms with van der Waals surface area (Å²) < 4.78 is 12.8. The van der Waals surface area contributed by atoms with Gasteiger partial charge in [0.15, 0.2) is 18.1 Å². The summed E-state index contributed by atoms with van der Waals surface area (Å²) in [6, 6.07) is 15.5. The van der Waals surface area contributed by atoms with Crippen LogP contribution in [0.4, 0.5) is 0 Å². The molecule has 0 bridgehead atoms. The molecule has 0 saturated carbocycles. The van der Waals surface area contributed by atoms with Crippen LogP contribution in [0.5, 0.6) is 11.5 Å². The predicted octanol–water partition coefficient (Wildman–Crippen LogP) is 3.35. The van der Waals surface area contributed by atoms with Gasteiger partial charge in [-0.25, -0.2) is 4.68 Å². The van der Waals surface area contributed by atoms with Crippen LogP contribution in [0.3, 0.4) is 0 Å². The predicted molar refractivity (Wildman–Crippen MR) is 113 cm³/mol. The Morgan fingerprint density at radius 1 is 1.17 bits per heavy atom. The lowest BCUT2D eigenvalue weighted by atomic mass is 10.1. The van der Waals surface area contributed by atoms with Crippen LogP contribution in [0.15, 0.2) is 73.6 Å². The van der Waals surface area contributed by atoms with E-state index in [1.165, 1.54) is 0 Å². The van der Waals surface area contributed by atoms with E-state index in [0.717, 1.165) is 23.2 Å². The molecule has 3 aromatic rings. The molecule has 150 valence electrons. The van der Waals surface area contributed by atoms with E-state index >= 15 is 0 Å². The quantitative estimate of drug-likeness (QED) is 0.539. The number of carbonyl (C=O) groups excluding carboxylic acids is 1. The van der Waals surface area contributed by atoms with Crippen LogP contribution < -0.4 is 14.8 Å². The average Bonchev–Trinajstić information content (AvgIpc) is 3.22. The fourth-order valence-corrected chi connectivity index (χ4v) is 2.88. The molecule has 29 heavy (non-hydrogen) atoms. The van der Waals surface area contributed by atoms with Gasteiger partial charge in [-0.15, -0.1) is 6.58 Å². The van der Waals surface area contributed by atoms with Crippen molar-refractivity contribution in [1.82, 2.24) is 15.1 Å². The van der Waals surface area contributed by atoms with E-state index in [1.807, 2.05) is 71.7 Å². The minimum atomic E-state index is -0.183.